The van der Waals surface area contributed by atoms with E-state index >= 15 is 0 Å². The molecule has 1 aromatic heterocycles. The van der Waals surface area contributed by atoms with Crippen LogP contribution in [0.25, 0.3) is 0 Å². The van der Waals surface area contributed by atoms with Crippen LogP contribution in [0.3, 0.4) is 0 Å². The van der Waals surface area contributed by atoms with Crippen LogP contribution in [-0.2, 0) is 0 Å². The van der Waals surface area contributed by atoms with Gasteiger partial charge in [0.15, 0.2) is 0 Å². The molecular weight excluding hydrogens is 357 g/mol. The summed E-state index contributed by atoms with van der Waals surface area (Å²) >= 11 is 1.34. The van der Waals surface area contributed by atoms with Crippen LogP contribution in [0.4, 0.5) is 10.1 Å². The normalized spacial score (nSPS) is 10.2. The Morgan fingerprint density at radius 2 is 1.85 bits per heavy atom. The molecule has 0 saturated heterocycles. The van der Waals surface area contributed by atoms with Gasteiger partial charge >= 0.3 is 5.97 Å². The predicted molar refractivity (Wildman–Crippen MR) is 96.6 cm³/mol. The number of esters is 1. The van der Waals surface area contributed by atoms with E-state index in [1.54, 1.807) is 24.3 Å². The summed E-state index contributed by atoms with van der Waals surface area (Å²) in [6.07, 6.45) is 0. The second kappa shape index (κ2) is 7.79. The lowest BCUT2D eigenvalue weighted by Crippen LogP contribution is -2.11. The fraction of sp³-hybridized carbons (Fsp3) is 0.0526. The van der Waals surface area contributed by atoms with Crippen molar-refractivity contribution in [3.8, 4) is 11.5 Å². The lowest BCUT2D eigenvalue weighted by molar-refractivity contribution is 0.0730. The Hall–Kier alpha value is -3.19. The molecule has 0 aliphatic heterocycles. The van der Waals surface area contributed by atoms with Gasteiger partial charge < -0.3 is 14.8 Å². The molecule has 3 aromatic rings. The van der Waals surface area contributed by atoms with Crippen LogP contribution in [-0.4, -0.2) is 19.0 Å². The number of carbonyl (C=O) groups is 2. The van der Waals surface area contributed by atoms with Gasteiger partial charge in [0.05, 0.1) is 12.0 Å². The Kier molecular flexibility index (Phi) is 5.28. The molecule has 0 saturated carbocycles. The Labute approximate surface area is 153 Å². The molecule has 0 unspecified atom stereocenters. The van der Waals surface area contributed by atoms with Crippen LogP contribution < -0.4 is 14.8 Å². The first-order chi connectivity index (χ1) is 12.6. The SMILES string of the molecule is COc1ccc(F)cc1C(=O)Oc1ccc(NC(=O)c2cccs2)cc1. The zero-order chi connectivity index (χ0) is 18.5. The van der Waals surface area contributed by atoms with Crippen LogP contribution in [0.15, 0.2) is 60.0 Å². The molecule has 132 valence electrons. The van der Waals surface area contributed by atoms with Gasteiger partial charge in [0.2, 0.25) is 0 Å². The van der Waals surface area contributed by atoms with Gasteiger partial charge in [-0.25, -0.2) is 9.18 Å². The smallest absolute Gasteiger partial charge is 0.347 e. The first-order valence-corrected chi connectivity index (χ1v) is 8.45. The number of hydrogen-bond donors (Lipinski definition) is 1. The number of benzene rings is 2. The Balaban J connectivity index is 1.68. The molecule has 1 heterocycles. The van der Waals surface area contributed by atoms with E-state index in [0.29, 0.717) is 10.6 Å². The van der Waals surface area contributed by atoms with Crippen molar-refractivity contribution in [1.82, 2.24) is 0 Å². The molecule has 0 atom stereocenters. The third kappa shape index (κ3) is 4.07. The van der Waals surface area contributed by atoms with Gasteiger partial charge in [-0.3, -0.25) is 4.79 Å². The molecule has 1 amide bonds. The van der Waals surface area contributed by atoms with E-state index in [9.17, 15) is 14.0 Å². The van der Waals surface area contributed by atoms with Crippen molar-refractivity contribution in [2.45, 2.75) is 0 Å². The summed E-state index contributed by atoms with van der Waals surface area (Å²) in [5, 5.41) is 4.56. The summed E-state index contributed by atoms with van der Waals surface area (Å²) in [6.45, 7) is 0. The van der Waals surface area contributed by atoms with Crippen LogP contribution in [0.5, 0.6) is 11.5 Å². The minimum absolute atomic E-state index is 0.0115. The number of thiophene rings is 1. The van der Waals surface area contributed by atoms with Crippen molar-refractivity contribution in [3.63, 3.8) is 0 Å². The number of halogens is 1. The topological polar surface area (TPSA) is 64.6 Å². The molecule has 5 nitrogen and oxygen atoms in total. The maximum atomic E-state index is 13.4. The Morgan fingerprint density at radius 1 is 1.08 bits per heavy atom. The standard InChI is InChI=1S/C19H14FNO4S/c1-24-16-9-4-12(20)11-15(16)19(23)25-14-7-5-13(6-8-14)21-18(22)17-3-2-10-26-17/h2-11H,1H3,(H,21,22). The highest BCUT2D eigenvalue weighted by molar-refractivity contribution is 7.12. The number of anilines is 1. The van der Waals surface area contributed by atoms with Gasteiger partial charge in [-0.15, -0.1) is 11.3 Å². The van der Waals surface area contributed by atoms with Crippen molar-refractivity contribution in [3.05, 3.63) is 76.2 Å². The minimum atomic E-state index is -0.739. The highest BCUT2D eigenvalue weighted by Gasteiger charge is 2.16. The van der Waals surface area contributed by atoms with Crippen LogP contribution in [0.2, 0.25) is 0 Å². The Bertz CT molecular complexity index is 923. The van der Waals surface area contributed by atoms with Crippen molar-refractivity contribution in [1.29, 1.82) is 0 Å². The van der Waals surface area contributed by atoms with E-state index in [4.69, 9.17) is 9.47 Å². The lowest BCUT2D eigenvalue weighted by atomic mass is 10.2. The summed E-state index contributed by atoms with van der Waals surface area (Å²) in [4.78, 5) is 24.8. The van der Waals surface area contributed by atoms with Gasteiger partial charge in [-0.1, -0.05) is 6.07 Å². The molecular formula is C19H14FNO4S. The maximum absolute atomic E-state index is 13.4. The average molecular weight is 371 g/mol. The predicted octanol–water partition coefficient (Wildman–Crippen LogP) is 4.37. The Morgan fingerprint density at radius 3 is 2.50 bits per heavy atom. The fourth-order valence-corrected chi connectivity index (χ4v) is 2.83. The second-order valence-corrected chi connectivity index (χ2v) is 6.14. The van der Waals surface area contributed by atoms with Gasteiger partial charge in [0.25, 0.3) is 5.91 Å². The number of ether oxygens (including phenoxy) is 2. The number of amides is 1. The molecule has 3 rings (SSSR count). The van der Waals surface area contributed by atoms with E-state index in [2.05, 4.69) is 5.32 Å². The average Bonchev–Trinajstić information content (AvgIpc) is 3.18. The molecule has 0 aliphatic rings. The highest BCUT2D eigenvalue weighted by Crippen LogP contribution is 2.23. The molecule has 7 heteroatoms. The largest absolute Gasteiger partial charge is 0.496 e. The summed E-state index contributed by atoms with van der Waals surface area (Å²) in [5.41, 5.74) is 0.550. The van der Waals surface area contributed by atoms with Crippen LogP contribution >= 0.6 is 11.3 Å². The quantitative estimate of drug-likeness (QED) is 0.534. The van der Waals surface area contributed by atoms with E-state index in [1.807, 2.05) is 5.38 Å². The zero-order valence-electron chi connectivity index (χ0n) is 13.7. The van der Waals surface area contributed by atoms with E-state index in [-0.39, 0.29) is 23.0 Å². The molecule has 26 heavy (non-hydrogen) atoms. The van der Waals surface area contributed by atoms with Crippen molar-refractivity contribution >= 4 is 28.9 Å². The molecule has 2 aromatic carbocycles. The molecule has 0 bridgehead atoms. The third-order valence-electron chi connectivity index (χ3n) is 3.45. The third-order valence-corrected chi connectivity index (χ3v) is 4.32. The van der Waals surface area contributed by atoms with Gasteiger partial charge in [-0.2, -0.15) is 0 Å². The van der Waals surface area contributed by atoms with E-state index in [0.717, 1.165) is 6.07 Å². The van der Waals surface area contributed by atoms with Gasteiger partial charge in [0, 0.05) is 5.69 Å². The highest BCUT2D eigenvalue weighted by atomic mass is 32.1. The first kappa shape index (κ1) is 17.6. The van der Waals surface area contributed by atoms with Gasteiger partial charge in [0.1, 0.15) is 22.9 Å². The zero-order valence-corrected chi connectivity index (χ0v) is 14.5. The molecule has 0 spiro atoms. The number of hydrogen-bond acceptors (Lipinski definition) is 5. The number of carbonyl (C=O) groups excluding carboxylic acids is 2. The summed E-state index contributed by atoms with van der Waals surface area (Å²) < 4.78 is 23.6. The minimum Gasteiger partial charge on any atom is -0.496 e. The van der Waals surface area contributed by atoms with E-state index < -0.39 is 11.8 Å². The number of rotatable bonds is 5. The van der Waals surface area contributed by atoms with Crippen molar-refractivity contribution in [2.24, 2.45) is 0 Å². The molecule has 0 aliphatic carbocycles. The monoisotopic (exact) mass is 371 g/mol. The fourth-order valence-electron chi connectivity index (χ4n) is 2.21. The van der Waals surface area contributed by atoms with E-state index in [1.165, 1.54) is 42.7 Å². The molecule has 1 N–H and O–H groups in total. The molecule has 0 radical (unpaired) electrons. The van der Waals surface area contributed by atoms with Crippen molar-refractivity contribution < 1.29 is 23.5 Å². The van der Waals surface area contributed by atoms with Crippen LogP contribution in [0, 0.1) is 5.82 Å². The first-order valence-electron chi connectivity index (χ1n) is 7.57. The second-order valence-electron chi connectivity index (χ2n) is 5.19. The summed E-state index contributed by atoms with van der Waals surface area (Å²) in [7, 11) is 1.38. The number of nitrogens with one attached hydrogen (secondary N) is 1. The number of methoxy groups -OCH3 is 1. The molecule has 0 fully saturated rings. The van der Waals surface area contributed by atoms with Gasteiger partial charge in [-0.05, 0) is 53.9 Å². The van der Waals surface area contributed by atoms with Crippen LogP contribution in [0.1, 0.15) is 20.0 Å². The lowest BCUT2D eigenvalue weighted by Gasteiger charge is -2.09. The summed E-state index contributed by atoms with van der Waals surface area (Å²) in [5.74, 6) is -1.04. The summed E-state index contributed by atoms with van der Waals surface area (Å²) in [6, 6.07) is 13.4. The van der Waals surface area contributed by atoms with Crippen molar-refractivity contribution in [2.75, 3.05) is 12.4 Å². The maximum Gasteiger partial charge on any atom is 0.347 e.